The van der Waals surface area contributed by atoms with Crippen LogP contribution >= 0.6 is 11.3 Å². The number of ether oxygens (including phenoxy) is 1. The number of thiophene rings is 1. The van der Waals surface area contributed by atoms with E-state index in [1.54, 1.807) is 24.5 Å². The SMILES string of the molecule is COc1ccc(F)cc1[C@@H](C)NCc1ccsc1. The predicted molar refractivity (Wildman–Crippen MR) is 72.5 cm³/mol. The largest absolute Gasteiger partial charge is 0.496 e. The van der Waals surface area contributed by atoms with Crippen LogP contribution in [0.2, 0.25) is 0 Å². The van der Waals surface area contributed by atoms with E-state index in [0.29, 0.717) is 5.75 Å². The van der Waals surface area contributed by atoms with Crippen molar-refractivity contribution >= 4 is 11.3 Å². The van der Waals surface area contributed by atoms with Gasteiger partial charge in [0.1, 0.15) is 11.6 Å². The molecule has 0 amide bonds. The Morgan fingerprint density at radius 3 is 2.89 bits per heavy atom. The third-order valence-corrected chi connectivity index (χ3v) is 3.58. The van der Waals surface area contributed by atoms with Gasteiger partial charge in [0.15, 0.2) is 0 Å². The summed E-state index contributed by atoms with van der Waals surface area (Å²) in [4.78, 5) is 0. The summed E-state index contributed by atoms with van der Waals surface area (Å²) in [7, 11) is 1.60. The Morgan fingerprint density at radius 2 is 2.22 bits per heavy atom. The summed E-state index contributed by atoms with van der Waals surface area (Å²) in [6.07, 6.45) is 0. The van der Waals surface area contributed by atoms with E-state index in [9.17, 15) is 4.39 Å². The van der Waals surface area contributed by atoms with Crippen LogP contribution in [0, 0.1) is 5.82 Å². The molecule has 1 atom stereocenters. The molecule has 0 aliphatic rings. The minimum atomic E-state index is -0.241. The van der Waals surface area contributed by atoms with Gasteiger partial charge in [0.2, 0.25) is 0 Å². The van der Waals surface area contributed by atoms with Gasteiger partial charge in [0.05, 0.1) is 7.11 Å². The van der Waals surface area contributed by atoms with Gasteiger partial charge in [-0.1, -0.05) is 0 Å². The van der Waals surface area contributed by atoms with Gasteiger partial charge >= 0.3 is 0 Å². The Bertz CT molecular complexity index is 499. The number of rotatable bonds is 5. The van der Waals surface area contributed by atoms with Gasteiger partial charge in [0.25, 0.3) is 0 Å². The second kappa shape index (κ2) is 5.98. The Kier molecular flexibility index (Phi) is 4.33. The molecular formula is C14H16FNOS. The second-order valence-corrected chi connectivity index (χ2v) is 4.90. The van der Waals surface area contributed by atoms with Crippen molar-refractivity contribution in [1.82, 2.24) is 5.32 Å². The van der Waals surface area contributed by atoms with Crippen LogP contribution < -0.4 is 10.1 Å². The normalized spacial score (nSPS) is 12.4. The van der Waals surface area contributed by atoms with Gasteiger partial charge < -0.3 is 10.1 Å². The first-order valence-corrected chi connectivity index (χ1v) is 6.73. The van der Waals surface area contributed by atoms with Crippen LogP contribution in [0.25, 0.3) is 0 Å². The summed E-state index contributed by atoms with van der Waals surface area (Å²) < 4.78 is 18.5. The van der Waals surface area contributed by atoms with Crippen LogP contribution in [0.15, 0.2) is 35.0 Å². The molecule has 0 spiro atoms. The zero-order valence-electron chi connectivity index (χ0n) is 10.4. The van der Waals surface area contributed by atoms with E-state index < -0.39 is 0 Å². The van der Waals surface area contributed by atoms with Crippen molar-refractivity contribution in [2.75, 3.05) is 7.11 Å². The number of hydrogen-bond donors (Lipinski definition) is 1. The molecule has 0 saturated heterocycles. The molecule has 2 nitrogen and oxygen atoms in total. The fourth-order valence-electron chi connectivity index (χ4n) is 1.82. The Morgan fingerprint density at radius 1 is 1.39 bits per heavy atom. The molecule has 4 heteroatoms. The van der Waals surface area contributed by atoms with Crippen LogP contribution in [-0.4, -0.2) is 7.11 Å². The molecule has 1 aromatic heterocycles. The summed E-state index contributed by atoms with van der Waals surface area (Å²) in [5.74, 6) is 0.469. The molecule has 0 unspecified atom stereocenters. The quantitative estimate of drug-likeness (QED) is 0.889. The highest BCUT2D eigenvalue weighted by molar-refractivity contribution is 7.07. The van der Waals surface area contributed by atoms with Crippen LogP contribution in [0.3, 0.4) is 0 Å². The monoisotopic (exact) mass is 265 g/mol. The number of nitrogens with one attached hydrogen (secondary N) is 1. The molecule has 0 aliphatic heterocycles. The van der Waals surface area contributed by atoms with E-state index in [1.807, 2.05) is 12.3 Å². The lowest BCUT2D eigenvalue weighted by molar-refractivity contribution is 0.400. The van der Waals surface area contributed by atoms with Gasteiger partial charge in [-0.25, -0.2) is 4.39 Å². The average Bonchev–Trinajstić information content (AvgIpc) is 2.89. The summed E-state index contributed by atoms with van der Waals surface area (Å²) in [5.41, 5.74) is 2.08. The third-order valence-electron chi connectivity index (χ3n) is 2.85. The number of hydrogen-bond acceptors (Lipinski definition) is 3. The van der Waals surface area contributed by atoms with Gasteiger partial charge in [-0.3, -0.25) is 0 Å². The Hall–Kier alpha value is -1.39. The summed E-state index contributed by atoms with van der Waals surface area (Å²) >= 11 is 1.67. The van der Waals surface area contributed by atoms with Crippen molar-refractivity contribution in [2.45, 2.75) is 19.5 Å². The molecule has 0 fully saturated rings. The molecule has 96 valence electrons. The predicted octanol–water partition coefficient (Wildman–Crippen LogP) is 3.75. The number of halogens is 1. The lowest BCUT2D eigenvalue weighted by atomic mass is 10.1. The molecule has 1 heterocycles. The minimum Gasteiger partial charge on any atom is -0.496 e. The fourth-order valence-corrected chi connectivity index (χ4v) is 2.49. The van der Waals surface area contributed by atoms with Crippen LogP contribution in [0.1, 0.15) is 24.1 Å². The third kappa shape index (κ3) is 3.09. The molecule has 18 heavy (non-hydrogen) atoms. The number of methoxy groups -OCH3 is 1. The number of benzene rings is 1. The molecule has 0 aliphatic carbocycles. The first kappa shape index (κ1) is 13.1. The topological polar surface area (TPSA) is 21.3 Å². The second-order valence-electron chi connectivity index (χ2n) is 4.12. The molecule has 2 rings (SSSR count). The van der Waals surface area contributed by atoms with E-state index in [2.05, 4.69) is 16.8 Å². The standard InChI is InChI=1S/C14H16FNOS/c1-10(16-8-11-5-6-18-9-11)13-7-12(15)3-4-14(13)17-2/h3-7,9-10,16H,8H2,1-2H3/t10-/m1/s1. The van der Waals surface area contributed by atoms with E-state index >= 15 is 0 Å². The molecule has 1 N–H and O–H groups in total. The van der Waals surface area contributed by atoms with E-state index in [1.165, 1.54) is 17.7 Å². The Balaban J connectivity index is 2.08. The smallest absolute Gasteiger partial charge is 0.123 e. The first-order valence-electron chi connectivity index (χ1n) is 5.78. The summed E-state index contributed by atoms with van der Waals surface area (Å²) in [6, 6.07) is 6.70. The lowest BCUT2D eigenvalue weighted by Gasteiger charge is -2.17. The van der Waals surface area contributed by atoms with Crippen LogP contribution in [0.4, 0.5) is 4.39 Å². The molecule has 0 radical (unpaired) electrons. The van der Waals surface area contributed by atoms with Gasteiger partial charge in [0, 0.05) is 18.2 Å². The molecular weight excluding hydrogens is 249 g/mol. The van der Waals surface area contributed by atoms with E-state index in [0.717, 1.165) is 12.1 Å². The zero-order chi connectivity index (χ0) is 13.0. The van der Waals surface area contributed by atoms with Crippen molar-refractivity contribution in [1.29, 1.82) is 0 Å². The Labute approximate surface area is 110 Å². The summed E-state index contributed by atoms with van der Waals surface area (Å²) in [6.45, 7) is 2.77. The van der Waals surface area contributed by atoms with E-state index in [4.69, 9.17) is 4.74 Å². The summed E-state index contributed by atoms with van der Waals surface area (Å²) in [5, 5.41) is 7.51. The average molecular weight is 265 g/mol. The minimum absolute atomic E-state index is 0.0375. The van der Waals surface area contributed by atoms with Gasteiger partial charge in [-0.15, -0.1) is 0 Å². The van der Waals surface area contributed by atoms with Crippen molar-refractivity contribution in [3.63, 3.8) is 0 Å². The van der Waals surface area contributed by atoms with Crippen LogP contribution in [0.5, 0.6) is 5.75 Å². The molecule has 0 bridgehead atoms. The highest BCUT2D eigenvalue weighted by Crippen LogP contribution is 2.26. The van der Waals surface area contributed by atoms with Crippen molar-refractivity contribution in [2.24, 2.45) is 0 Å². The highest BCUT2D eigenvalue weighted by Gasteiger charge is 2.12. The fraction of sp³-hybridized carbons (Fsp3) is 0.286. The molecule has 0 saturated carbocycles. The molecule has 1 aromatic carbocycles. The maximum atomic E-state index is 13.3. The van der Waals surface area contributed by atoms with Gasteiger partial charge in [-0.2, -0.15) is 11.3 Å². The maximum absolute atomic E-state index is 13.3. The maximum Gasteiger partial charge on any atom is 0.123 e. The lowest BCUT2D eigenvalue weighted by Crippen LogP contribution is -2.18. The van der Waals surface area contributed by atoms with E-state index in [-0.39, 0.29) is 11.9 Å². The van der Waals surface area contributed by atoms with Crippen molar-refractivity contribution in [3.05, 3.63) is 52.0 Å². The highest BCUT2D eigenvalue weighted by atomic mass is 32.1. The van der Waals surface area contributed by atoms with Crippen molar-refractivity contribution in [3.8, 4) is 5.75 Å². The first-order chi connectivity index (χ1) is 8.70. The van der Waals surface area contributed by atoms with Gasteiger partial charge in [-0.05, 0) is 47.5 Å². The molecule has 2 aromatic rings. The van der Waals surface area contributed by atoms with Crippen molar-refractivity contribution < 1.29 is 9.13 Å². The zero-order valence-corrected chi connectivity index (χ0v) is 11.3. The van der Waals surface area contributed by atoms with Crippen LogP contribution in [-0.2, 0) is 6.54 Å².